The molecule has 0 heterocycles. The number of aryl methyl sites for hydroxylation is 1. The van der Waals surface area contributed by atoms with Crippen LogP contribution >= 0.6 is 0 Å². The first-order valence-corrected chi connectivity index (χ1v) is 6.31. The predicted octanol–water partition coefficient (Wildman–Crippen LogP) is 3.26. The van der Waals surface area contributed by atoms with Gasteiger partial charge in [0.25, 0.3) is 0 Å². The quantitative estimate of drug-likeness (QED) is 0.911. The van der Waals surface area contributed by atoms with Crippen molar-refractivity contribution in [3.05, 3.63) is 59.4 Å². The molecule has 2 rings (SSSR count). The summed E-state index contributed by atoms with van der Waals surface area (Å²) in [5, 5.41) is 10.2. The van der Waals surface area contributed by atoms with Gasteiger partial charge >= 0.3 is 0 Å². The van der Waals surface area contributed by atoms with Crippen molar-refractivity contribution in [3.63, 3.8) is 0 Å². The van der Waals surface area contributed by atoms with E-state index in [1.165, 1.54) is 12.1 Å². The Hall–Kier alpha value is -2.07. The van der Waals surface area contributed by atoms with Gasteiger partial charge in [-0.05, 0) is 31.2 Å². The van der Waals surface area contributed by atoms with E-state index >= 15 is 0 Å². The highest BCUT2D eigenvalue weighted by molar-refractivity contribution is 5.38. The molecule has 106 valence electrons. The molecule has 1 unspecified atom stereocenters. The Kier molecular flexibility index (Phi) is 4.58. The highest BCUT2D eigenvalue weighted by Gasteiger charge is 2.14. The Bertz CT molecular complexity index is 584. The molecule has 0 aliphatic heterocycles. The summed E-state index contributed by atoms with van der Waals surface area (Å²) >= 11 is 0. The van der Waals surface area contributed by atoms with Gasteiger partial charge in [-0.25, -0.2) is 4.39 Å². The second-order valence-corrected chi connectivity index (χ2v) is 4.53. The number of rotatable bonds is 5. The monoisotopic (exact) mass is 276 g/mol. The summed E-state index contributed by atoms with van der Waals surface area (Å²) in [5.41, 5.74) is 1.68. The Morgan fingerprint density at radius 3 is 2.70 bits per heavy atom. The Balaban J connectivity index is 2.08. The van der Waals surface area contributed by atoms with Gasteiger partial charge in [0.15, 0.2) is 0 Å². The zero-order valence-corrected chi connectivity index (χ0v) is 11.5. The summed E-state index contributed by atoms with van der Waals surface area (Å²) in [6.07, 6.45) is -0.840. The summed E-state index contributed by atoms with van der Waals surface area (Å²) in [5.74, 6) is 0.617. The minimum atomic E-state index is -0.840. The molecule has 0 saturated heterocycles. The van der Waals surface area contributed by atoms with Gasteiger partial charge < -0.3 is 14.6 Å². The lowest BCUT2D eigenvalue weighted by atomic mass is 10.1. The molecule has 3 nitrogen and oxygen atoms in total. The summed E-state index contributed by atoms with van der Waals surface area (Å²) in [6.45, 7) is 1.96. The number of aliphatic hydroxyl groups is 1. The lowest BCUT2D eigenvalue weighted by Gasteiger charge is -2.16. The summed E-state index contributed by atoms with van der Waals surface area (Å²) in [7, 11) is 1.55. The van der Waals surface area contributed by atoms with Crippen LogP contribution < -0.4 is 9.47 Å². The van der Waals surface area contributed by atoms with Gasteiger partial charge in [-0.15, -0.1) is 0 Å². The van der Waals surface area contributed by atoms with E-state index in [9.17, 15) is 9.50 Å². The molecule has 1 N–H and O–H groups in total. The fraction of sp³-hybridized carbons (Fsp3) is 0.250. The van der Waals surface area contributed by atoms with Gasteiger partial charge in [0.1, 0.15) is 30.0 Å². The van der Waals surface area contributed by atoms with E-state index in [2.05, 4.69) is 0 Å². The van der Waals surface area contributed by atoms with E-state index in [1.807, 2.05) is 19.1 Å². The zero-order valence-electron chi connectivity index (χ0n) is 11.5. The highest BCUT2D eigenvalue weighted by atomic mass is 19.1. The molecule has 20 heavy (non-hydrogen) atoms. The van der Waals surface area contributed by atoms with Crippen LogP contribution in [0.15, 0.2) is 42.5 Å². The zero-order chi connectivity index (χ0) is 14.5. The third kappa shape index (κ3) is 3.48. The van der Waals surface area contributed by atoms with Crippen LogP contribution in [-0.4, -0.2) is 18.8 Å². The second-order valence-electron chi connectivity index (χ2n) is 4.53. The number of halogens is 1. The standard InChI is InChI=1S/C16H17FO3/c1-11-6-7-16(19-2)14(8-11)15(18)10-20-13-5-3-4-12(17)9-13/h3-9,15,18H,10H2,1-2H3. The van der Waals surface area contributed by atoms with Crippen molar-refractivity contribution in [2.24, 2.45) is 0 Å². The number of hydrogen-bond acceptors (Lipinski definition) is 3. The fourth-order valence-electron chi connectivity index (χ4n) is 1.94. The van der Waals surface area contributed by atoms with Crippen molar-refractivity contribution in [3.8, 4) is 11.5 Å². The first kappa shape index (κ1) is 14.3. The van der Waals surface area contributed by atoms with Gasteiger partial charge in [-0.2, -0.15) is 0 Å². The average molecular weight is 276 g/mol. The molecule has 0 aliphatic rings. The number of methoxy groups -OCH3 is 1. The molecule has 0 saturated carbocycles. The van der Waals surface area contributed by atoms with Crippen LogP contribution in [0.25, 0.3) is 0 Å². The van der Waals surface area contributed by atoms with Gasteiger partial charge in [-0.1, -0.05) is 17.7 Å². The van der Waals surface area contributed by atoms with Crippen LogP contribution in [0.1, 0.15) is 17.2 Å². The largest absolute Gasteiger partial charge is 0.496 e. The summed E-state index contributed by atoms with van der Waals surface area (Å²) < 4.78 is 23.6. The number of benzene rings is 2. The molecule has 0 aliphatic carbocycles. The predicted molar refractivity (Wildman–Crippen MR) is 74.6 cm³/mol. The molecular formula is C16H17FO3. The van der Waals surface area contributed by atoms with E-state index < -0.39 is 6.10 Å². The minimum absolute atomic E-state index is 0.0310. The van der Waals surface area contributed by atoms with Crippen molar-refractivity contribution in [2.45, 2.75) is 13.0 Å². The summed E-state index contributed by atoms with van der Waals surface area (Å²) in [6, 6.07) is 11.4. The maximum absolute atomic E-state index is 13.0. The molecule has 0 spiro atoms. The topological polar surface area (TPSA) is 38.7 Å². The first-order valence-electron chi connectivity index (χ1n) is 6.31. The molecule has 2 aromatic carbocycles. The van der Waals surface area contributed by atoms with Gasteiger partial charge in [0.05, 0.1) is 7.11 Å². The Labute approximate surface area is 117 Å². The van der Waals surface area contributed by atoms with Crippen LogP contribution in [0.3, 0.4) is 0 Å². The maximum Gasteiger partial charge on any atom is 0.126 e. The second kappa shape index (κ2) is 6.39. The Morgan fingerprint density at radius 1 is 1.20 bits per heavy atom. The molecule has 0 bridgehead atoms. The van der Waals surface area contributed by atoms with Crippen LogP contribution in [0.5, 0.6) is 11.5 Å². The van der Waals surface area contributed by atoms with Crippen molar-refractivity contribution >= 4 is 0 Å². The minimum Gasteiger partial charge on any atom is -0.496 e. The van der Waals surface area contributed by atoms with Gasteiger partial charge in [-0.3, -0.25) is 0 Å². The lowest BCUT2D eigenvalue weighted by molar-refractivity contribution is 0.105. The third-order valence-corrected chi connectivity index (χ3v) is 2.95. The van der Waals surface area contributed by atoms with Crippen molar-refractivity contribution in [2.75, 3.05) is 13.7 Å². The maximum atomic E-state index is 13.0. The molecule has 0 radical (unpaired) electrons. The van der Waals surface area contributed by atoms with E-state index in [0.29, 0.717) is 17.1 Å². The fourth-order valence-corrected chi connectivity index (χ4v) is 1.94. The van der Waals surface area contributed by atoms with E-state index in [0.717, 1.165) is 5.56 Å². The molecule has 0 amide bonds. The molecular weight excluding hydrogens is 259 g/mol. The van der Waals surface area contributed by atoms with Gasteiger partial charge in [0, 0.05) is 11.6 Å². The molecule has 0 aromatic heterocycles. The SMILES string of the molecule is COc1ccc(C)cc1C(O)COc1cccc(F)c1. The average Bonchev–Trinajstić information content (AvgIpc) is 2.45. The number of hydrogen-bond donors (Lipinski definition) is 1. The van der Waals surface area contributed by atoms with E-state index in [-0.39, 0.29) is 12.4 Å². The van der Waals surface area contributed by atoms with Crippen molar-refractivity contribution in [1.29, 1.82) is 0 Å². The van der Waals surface area contributed by atoms with Crippen molar-refractivity contribution < 1.29 is 19.0 Å². The van der Waals surface area contributed by atoms with Crippen LogP contribution in [0, 0.1) is 12.7 Å². The first-order chi connectivity index (χ1) is 9.60. The Morgan fingerprint density at radius 2 is 2.00 bits per heavy atom. The molecule has 4 heteroatoms. The lowest BCUT2D eigenvalue weighted by Crippen LogP contribution is -2.11. The normalized spacial score (nSPS) is 12.0. The molecule has 1 atom stereocenters. The highest BCUT2D eigenvalue weighted by Crippen LogP contribution is 2.27. The van der Waals surface area contributed by atoms with Gasteiger partial charge in [0.2, 0.25) is 0 Å². The van der Waals surface area contributed by atoms with E-state index in [4.69, 9.17) is 9.47 Å². The van der Waals surface area contributed by atoms with Crippen LogP contribution in [0.4, 0.5) is 4.39 Å². The van der Waals surface area contributed by atoms with Crippen LogP contribution in [0.2, 0.25) is 0 Å². The third-order valence-electron chi connectivity index (χ3n) is 2.95. The number of ether oxygens (including phenoxy) is 2. The summed E-state index contributed by atoms with van der Waals surface area (Å²) in [4.78, 5) is 0. The van der Waals surface area contributed by atoms with Crippen molar-refractivity contribution in [1.82, 2.24) is 0 Å². The molecule has 2 aromatic rings. The van der Waals surface area contributed by atoms with Crippen LogP contribution in [-0.2, 0) is 0 Å². The van der Waals surface area contributed by atoms with E-state index in [1.54, 1.807) is 25.3 Å². The smallest absolute Gasteiger partial charge is 0.126 e. The number of aliphatic hydroxyl groups excluding tert-OH is 1. The molecule has 0 fully saturated rings.